The highest BCUT2D eigenvalue weighted by atomic mass is 16.5. The lowest BCUT2D eigenvalue weighted by atomic mass is 10.2. The molecule has 1 fully saturated rings. The number of urea groups is 1. The van der Waals surface area contributed by atoms with E-state index in [4.69, 9.17) is 14.9 Å². The molecule has 1 aromatic carbocycles. The summed E-state index contributed by atoms with van der Waals surface area (Å²) in [6.07, 6.45) is 0.212. The van der Waals surface area contributed by atoms with Crippen molar-refractivity contribution in [3.05, 3.63) is 24.3 Å². The SMILES string of the molecule is COc1ccc(N2CC(NC(=O)N(CCO)CCO)CC2=O)cc1. The second-order valence-electron chi connectivity index (χ2n) is 5.49. The van der Waals surface area contributed by atoms with Gasteiger partial charge in [-0.1, -0.05) is 0 Å². The number of anilines is 1. The molecule has 1 unspecified atom stereocenters. The van der Waals surface area contributed by atoms with Crippen molar-refractivity contribution in [1.29, 1.82) is 0 Å². The third kappa shape index (κ3) is 4.36. The molecule has 0 aliphatic carbocycles. The zero-order valence-corrected chi connectivity index (χ0v) is 13.6. The number of ether oxygens (including phenoxy) is 1. The average molecular weight is 337 g/mol. The molecule has 1 heterocycles. The third-order valence-corrected chi connectivity index (χ3v) is 3.86. The van der Waals surface area contributed by atoms with Crippen LogP contribution in [-0.2, 0) is 4.79 Å². The van der Waals surface area contributed by atoms with E-state index < -0.39 is 6.03 Å². The number of rotatable bonds is 7. The summed E-state index contributed by atoms with van der Waals surface area (Å²) in [5, 5.41) is 20.7. The molecule has 132 valence electrons. The van der Waals surface area contributed by atoms with Gasteiger partial charge < -0.3 is 30.1 Å². The van der Waals surface area contributed by atoms with E-state index in [9.17, 15) is 9.59 Å². The number of benzene rings is 1. The maximum atomic E-state index is 12.2. The molecule has 1 aliphatic rings. The normalized spacial score (nSPS) is 17.0. The third-order valence-electron chi connectivity index (χ3n) is 3.86. The Morgan fingerprint density at radius 2 is 1.92 bits per heavy atom. The molecule has 1 aromatic rings. The van der Waals surface area contributed by atoms with Crippen LogP contribution >= 0.6 is 0 Å². The lowest BCUT2D eigenvalue weighted by Gasteiger charge is -2.23. The van der Waals surface area contributed by atoms with Gasteiger partial charge in [0, 0.05) is 31.7 Å². The molecule has 3 N–H and O–H groups in total. The number of aliphatic hydroxyl groups is 2. The zero-order valence-electron chi connectivity index (χ0n) is 13.6. The van der Waals surface area contributed by atoms with E-state index in [-0.39, 0.29) is 44.7 Å². The molecule has 0 saturated carbocycles. The van der Waals surface area contributed by atoms with Gasteiger partial charge in [-0.3, -0.25) is 4.79 Å². The Morgan fingerprint density at radius 1 is 1.29 bits per heavy atom. The Kier molecular flexibility index (Phi) is 6.39. The molecule has 1 aliphatic heterocycles. The molecule has 2 rings (SSSR count). The first-order valence-electron chi connectivity index (χ1n) is 7.80. The molecule has 0 aromatic heterocycles. The fourth-order valence-electron chi connectivity index (χ4n) is 2.64. The van der Waals surface area contributed by atoms with Crippen LogP contribution in [0, 0.1) is 0 Å². The fraction of sp³-hybridized carbons (Fsp3) is 0.500. The summed E-state index contributed by atoms with van der Waals surface area (Å²) >= 11 is 0. The summed E-state index contributed by atoms with van der Waals surface area (Å²) in [6, 6.07) is 6.44. The minimum absolute atomic E-state index is 0.0682. The molecule has 24 heavy (non-hydrogen) atoms. The van der Waals surface area contributed by atoms with E-state index in [2.05, 4.69) is 5.32 Å². The van der Waals surface area contributed by atoms with Gasteiger partial charge in [-0.05, 0) is 24.3 Å². The van der Waals surface area contributed by atoms with Gasteiger partial charge in [0.1, 0.15) is 5.75 Å². The largest absolute Gasteiger partial charge is 0.497 e. The Hall–Kier alpha value is -2.32. The number of carbonyl (C=O) groups is 2. The van der Waals surface area contributed by atoms with Crippen LogP contribution < -0.4 is 15.0 Å². The lowest BCUT2D eigenvalue weighted by molar-refractivity contribution is -0.117. The van der Waals surface area contributed by atoms with Crippen molar-refractivity contribution in [2.75, 3.05) is 44.9 Å². The second-order valence-corrected chi connectivity index (χ2v) is 5.49. The van der Waals surface area contributed by atoms with Crippen LogP contribution in [-0.4, -0.2) is 73.1 Å². The highest BCUT2D eigenvalue weighted by Crippen LogP contribution is 2.24. The number of amides is 3. The number of nitrogens with one attached hydrogen (secondary N) is 1. The highest BCUT2D eigenvalue weighted by Gasteiger charge is 2.32. The first-order valence-corrected chi connectivity index (χ1v) is 7.80. The number of hydrogen-bond acceptors (Lipinski definition) is 5. The van der Waals surface area contributed by atoms with Crippen LogP contribution in [0.1, 0.15) is 6.42 Å². The topological polar surface area (TPSA) is 102 Å². The lowest BCUT2D eigenvalue weighted by Crippen LogP contribution is -2.47. The van der Waals surface area contributed by atoms with Crippen LogP contribution in [0.4, 0.5) is 10.5 Å². The average Bonchev–Trinajstić information content (AvgIpc) is 2.95. The molecule has 1 atom stereocenters. The maximum absolute atomic E-state index is 12.2. The Bertz CT molecular complexity index is 557. The highest BCUT2D eigenvalue weighted by molar-refractivity contribution is 5.96. The second kappa shape index (κ2) is 8.51. The number of hydrogen-bond donors (Lipinski definition) is 3. The van der Waals surface area contributed by atoms with Gasteiger partial charge in [-0.2, -0.15) is 0 Å². The first kappa shape index (κ1) is 18.0. The van der Waals surface area contributed by atoms with Crippen molar-refractivity contribution < 1.29 is 24.5 Å². The number of aliphatic hydroxyl groups excluding tert-OH is 2. The van der Waals surface area contributed by atoms with Crippen molar-refractivity contribution in [2.24, 2.45) is 0 Å². The van der Waals surface area contributed by atoms with Gasteiger partial charge >= 0.3 is 6.03 Å². The van der Waals surface area contributed by atoms with Crippen LogP contribution in [0.2, 0.25) is 0 Å². The van der Waals surface area contributed by atoms with E-state index in [0.29, 0.717) is 12.3 Å². The molecule has 8 heteroatoms. The van der Waals surface area contributed by atoms with Crippen molar-refractivity contribution in [2.45, 2.75) is 12.5 Å². The van der Waals surface area contributed by atoms with Crippen molar-refractivity contribution in [3.8, 4) is 5.75 Å². The Balaban J connectivity index is 1.96. The molecular formula is C16H23N3O5. The van der Waals surface area contributed by atoms with Crippen LogP contribution in [0.25, 0.3) is 0 Å². The summed E-state index contributed by atoms with van der Waals surface area (Å²) in [5.41, 5.74) is 0.750. The van der Waals surface area contributed by atoms with Gasteiger partial charge in [0.2, 0.25) is 5.91 Å². The summed E-state index contributed by atoms with van der Waals surface area (Å²) in [7, 11) is 1.58. The molecule has 3 amide bonds. The zero-order chi connectivity index (χ0) is 17.5. The standard InChI is InChI=1S/C16H23N3O5/c1-24-14-4-2-13(3-5-14)19-11-12(10-15(19)22)17-16(23)18(6-8-20)7-9-21/h2-5,12,20-21H,6-11H2,1H3,(H,17,23). The molecule has 0 spiro atoms. The minimum atomic E-state index is -0.396. The Morgan fingerprint density at radius 3 is 2.46 bits per heavy atom. The number of nitrogens with zero attached hydrogens (tertiary/aromatic N) is 2. The quantitative estimate of drug-likeness (QED) is 0.639. The van der Waals surface area contributed by atoms with E-state index in [1.165, 1.54) is 4.90 Å². The molecule has 1 saturated heterocycles. The summed E-state index contributed by atoms with van der Waals surface area (Å²) in [6.45, 7) is 0.275. The summed E-state index contributed by atoms with van der Waals surface area (Å²) in [5.74, 6) is 0.639. The predicted molar refractivity (Wildman–Crippen MR) is 88.0 cm³/mol. The van der Waals surface area contributed by atoms with E-state index in [1.807, 2.05) is 0 Å². The van der Waals surface area contributed by atoms with Crippen molar-refractivity contribution in [3.63, 3.8) is 0 Å². The maximum Gasteiger partial charge on any atom is 0.317 e. The van der Waals surface area contributed by atoms with E-state index in [1.54, 1.807) is 36.3 Å². The van der Waals surface area contributed by atoms with Gasteiger partial charge in [-0.25, -0.2) is 4.79 Å². The van der Waals surface area contributed by atoms with Crippen molar-refractivity contribution in [1.82, 2.24) is 10.2 Å². The summed E-state index contributed by atoms with van der Waals surface area (Å²) < 4.78 is 5.10. The van der Waals surface area contributed by atoms with E-state index in [0.717, 1.165) is 5.69 Å². The molecule has 0 bridgehead atoms. The van der Waals surface area contributed by atoms with Crippen molar-refractivity contribution >= 4 is 17.6 Å². The first-order chi connectivity index (χ1) is 11.6. The van der Waals surface area contributed by atoms with Gasteiger partial charge in [0.25, 0.3) is 0 Å². The van der Waals surface area contributed by atoms with Crippen LogP contribution in [0.3, 0.4) is 0 Å². The molecular weight excluding hydrogens is 314 g/mol. The molecule has 8 nitrogen and oxygen atoms in total. The molecule has 0 radical (unpaired) electrons. The number of carbonyl (C=O) groups excluding carboxylic acids is 2. The Labute approximate surface area is 140 Å². The van der Waals surface area contributed by atoms with Gasteiger partial charge in [0.15, 0.2) is 0 Å². The van der Waals surface area contributed by atoms with Crippen LogP contribution in [0.5, 0.6) is 5.75 Å². The fourth-order valence-corrected chi connectivity index (χ4v) is 2.64. The summed E-state index contributed by atoms with van der Waals surface area (Å²) in [4.78, 5) is 27.3. The van der Waals surface area contributed by atoms with Gasteiger partial charge in [0.05, 0.1) is 26.4 Å². The van der Waals surface area contributed by atoms with E-state index >= 15 is 0 Å². The van der Waals surface area contributed by atoms with Crippen LogP contribution in [0.15, 0.2) is 24.3 Å². The predicted octanol–water partition coefficient (Wildman–Crippen LogP) is -0.203. The smallest absolute Gasteiger partial charge is 0.317 e. The van der Waals surface area contributed by atoms with Gasteiger partial charge in [-0.15, -0.1) is 0 Å². The monoisotopic (exact) mass is 337 g/mol. The number of methoxy groups -OCH3 is 1. The minimum Gasteiger partial charge on any atom is -0.497 e.